The molecule has 0 atom stereocenters. The fourth-order valence-corrected chi connectivity index (χ4v) is 3.10. The van der Waals surface area contributed by atoms with Gasteiger partial charge in [0.1, 0.15) is 11.4 Å². The van der Waals surface area contributed by atoms with Crippen molar-refractivity contribution in [2.45, 2.75) is 0 Å². The lowest BCUT2D eigenvalue weighted by molar-refractivity contribution is 0.476. The molecule has 0 amide bonds. The predicted molar refractivity (Wildman–Crippen MR) is 97.8 cm³/mol. The highest BCUT2D eigenvalue weighted by Crippen LogP contribution is 2.26. The molecule has 5 nitrogen and oxygen atoms in total. The minimum Gasteiger partial charge on any atom is -0.508 e. The molecular formula is C20H14N4O. The maximum atomic E-state index is 9.58. The molecule has 120 valence electrons. The number of nitrogens with zero attached hydrogens (tertiary/aromatic N) is 3. The van der Waals surface area contributed by atoms with Crippen molar-refractivity contribution in [3.05, 3.63) is 73.1 Å². The summed E-state index contributed by atoms with van der Waals surface area (Å²) >= 11 is 0. The van der Waals surface area contributed by atoms with E-state index in [4.69, 9.17) is 0 Å². The van der Waals surface area contributed by atoms with Gasteiger partial charge in [-0.15, -0.1) is 5.10 Å². The average molecular weight is 326 g/mol. The number of aromatic amines is 1. The number of H-pyrrole nitrogens is 1. The third-order valence-electron chi connectivity index (χ3n) is 4.41. The van der Waals surface area contributed by atoms with Gasteiger partial charge in [0.05, 0.1) is 11.9 Å². The van der Waals surface area contributed by atoms with Crippen LogP contribution in [0.5, 0.6) is 5.75 Å². The van der Waals surface area contributed by atoms with Gasteiger partial charge in [0.15, 0.2) is 0 Å². The quantitative estimate of drug-likeness (QED) is 0.509. The van der Waals surface area contributed by atoms with Gasteiger partial charge < -0.3 is 10.1 Å². The van der Waals surface area contributed by atoms with Crippen molar-refractivity contribution in [3.8, 4) is 22.7 Å². The summed E-state index contributed by atoms with van der Waals surface area (Å²) in [5, 5.41) is 21.3. The number of fused-ring (bicyclic) bond motifs is 2. The standard InChI is InChI=1S/C20H14N4O/c25-18-5-3-13-9-15(2-1-14(13)11-18)20-12-24(23-22-20)17-4-6-19-16(10-17)7-8-21-19/h1-12,21,25H. The van der Waals surface area contributed by atoms with Gasteiger partial charge in [-0.25, -0.2) is 4.68 Å². The molecule has 2 aromatic heterocycles. The minimum absolute atomic E-state index is 0.270. The molecule has 0 aliphatic heterocycles. The Morgan fingerprint density at radius 1 is 0.840 bits per heavy atom. The molecule has 5 aromatic rings. The number of hydrogen-bond acceptors (Lipinski definition) is 3. The Hall–Kier alpha value is -3.60. The molecule has 0 unspecified atom stereocenters. The fourth-order valence-electron chi connectivity index (χ4n) is 3.10. The first kappa shape index (κ1) is 13.8. The summed E-state index contributed by atoms with van der Waals surface area (Å²) in [4.78, 5) is 3.19. The third-order valence-corrected chi connectivity index (χ3v) is 4.41. The fraction of sp³-hybridized carbons (Fsp3) is 0. The van der Waals surface area contributed by atoms with Gasteiger partial charge in [0, 0.05) is 22.7 Å². The first-order valence-corrected chi connectivity index (χ1v) is 7.99. The summed E-state index contributed by atoms with van der Waals surface area (Å²) in [6.07, 6.45) is 3.85. The number of benzene rings is 3. The van der Waals surface area contributed by atoms with Crippen molar-refractivity contribution in [1.82, 2.24) is 20.0 Å². The Labute approximate surface area is 143 Å². The van der Waals surface area contributed by atoms with Gasteiger partial charge in [-0.2, -0.15) is 0 Å². The van der Waals surface area contributed by atoms with Crippen LogP contribution in [-0.2, 0) is 0 Å². The van der Waals surface area contributed by atoms with Crippen molar-refractivity contribution < 1.29 is 5.11 Å². The predicted octanol–water partition coefficient (Wildman–Crippen LogP) is 4.27. The largest absolute Gasteiger partial charge is 0.508 e. The smallest absolute Gasteiger partial charge is 0.116 e. The van der Waals surface area contributed by atoms with Crippen LogP contribution in [0.4, 0.5) is 0 Å². The molecule has 3 aromatic carbocycles. The second-order valence-electron chi connectivity index (χ2n) is 6.04. The maximum Gasteiger partial charge on any atom is 0.116 e. The lowest BCUT2D eigenvalue weighted by Gasteiger charge is -2.02. The number of hydrogen-bond donors (Lipinski definition) is 2. The topological polar surface area (TPSA) is 66.7 Å². The summed E-state index contributed by atoms with van der Waals surface area (Å²) in [6.45, 7) is 0. The number of aromatic nitrogens is 4. The van der Waals surface area contributed by atoms with Crippen LogP contribution in [0.3, 0.4) is 0 Å². The van der Waals surface area contributed by atoms with E-state index >= 15 is 0 Å². The first-order chi connectivity index (χ1) is 12.3. The van der Waals surface area contributed by atoms with Gasteiger partial charge in [-0.05, 0) is 53.2 Å². The molecule has 0 radical (unpaired) electrons. The van der Waals surface area contributed by atoms with Gasteiger partial charge in [0.2, 0.25) is 0 Å². The van der Waals surface area contributed by atoms with Crippen molar-refractivity contribution in [1.29, 1.82) is 0 Å². The second kappa shape index (κ2) is 5.21. The Morgan fingerprint density at radius 2 is 1.72 bits per heavy atom. The molecule has 0 fully saturated rings. The zero-order valence-electron chi connectivity index (χ0n) is 13.2. The molecule has 2 N–H and O–H groups in total. The van der Waals surface area contributed by atoms with Crippen molar-refractivity contribution in [3.63, 3.8) is 0 Å². The van der Waals surface area contributed by atoms with E-state index in [1.807, 2.05) is 48.8 Å². The Kier molecular flexibility index (Phi) is 2.87. The molecule has 25 heavy (non-hydrogen) atoms. The Balaban J connectivity index is 1.56. The molecule has 0 aliphatic rings. The van der Waals surface area contributed by atoms with Crippen LogP contribution >= 0.6 is 0 Å². The van der Waals surface area contributed by atoms with Crippen LogP contribution in [0.2, 0.25) is 0 Å². The number of phenols is 1. The van der Waals surface area contributed by atoms with E-state index in [0.29, 0.717) is 0 Å². The summed E-state index contributed by atoms with van der Waals surface area (Å²) in [5.41, 5.74) is 3.87. The Bertz CT molecular complexity index is 1220. The highest BCUT2D eigenvalue weighted by Gasteiger charge is 2.07. The van der Waals surface area contributed by atoms with Gasteiger partial charge in [-0.1, -0.05) is 23.4 Å². The molecule has 5 heteroatoms. The molecule has 5 rings (SSSR count). The lowest BCUT2D eigenvalue weighted by Crippen LogP contribution is -1.94. The number of nitrogens with one attached hydrogen (secondary N) is 1. The lowest BCUT2D eigenvalue weighted by atomic mass is 10.1. The SMILES string of the molecule is Oc1ccc2cc(-c3cn(-c4ccc5[nH]ccc5c4)nn3)ccc2c1. The summed E-state index contributed by atoms with van der Waals surface area (Å²) in [6, 6.07) is 19.5. The van der Waals surface area contributed by atoms with E-state index in [1.165, 1.54) is 0 Å². The normalized spacial score (nSPS) is 11.4. The zero-order chi connectivity index (χ0) is 16.8. The highest BCUT2D eigenvalue weighted by atomic mass is 16.3. The van der Waals surface area contributed by atoms with Crippen molar-refractivity contribution in [2.75, 3.05) is 0 Å². The van der Waals surface area contributed by atoms with Crippen molar-refractivity contribution in [2.24, 2.45) is 0 Å². The van der Waals surface area contributed by atoms with E-state index in [1.54, 1.807) is 16.8 Å². The summed E-state index contributed by atoms with van der Waals surface area (Å²) in [7, 11) is 0. The maximum absolute atomic E-state index is 9.58. The molecule has 0 aliphatic carbocycles. The molecular weight excluding hydrogens is 312 g/mol. The van der Waals surface area contributed by atoms with E-state index in [0.717, 1.165) is 38.6 Å². The van der Waals surface area contributed by atoms with E-state index < -0.39 is 0 Å². The monoisotopic (exact) mass is 326 g/mol. The molecule has 0 saturated carbocycles. The Morgan fingerprint density at radius 3 is 2.68 bits per heavy atom. The molecule has 0 saturated heterocycles. The number of rotatable bonds is 2. The van der Waals surface area contributed by atoms with Crippen LogP contribution in [0.25, 0.3) is 38.6 Å². The van der Waals surface area contributed by atoms with Crippen LogP contribution in [0.15, 0.2) is 73.1 Å². The first-order valence-electron chi connectivity index (χ1n) is 7.99. The molecule has 0 spiro atoms. The number of aromatic hydroxyl groups is 1. The van der Waals surface area contributed by atoms with Crippen LogP contribution < -0.4 is 0 Å². The zero-order valence-corrected chi connectivity index (χ0v) is 13.2. The number of phenolic OH excluding ortho intramolecular Hbond substituents is 1. The van der Waals surface area contributed by atoms with Crippen LogP contribution in [0.1, 0.15) is 0 Å². The van der Waals surface area contributed by atoms with Gasteiger partial charge in [0.25, 0.3) is 0 Å². The third kappa shape index (κ3) is 2.33. The minimum atomic E-state index is 0.270. The van der Waals surface area contributed by atoms with Crippen molar-refractivity contribution >= 4 is 21.7 Å². The summed E-state index contributed by atoms with van der Waals surface area (Å²) in [5.74, 6) is 0.270. The highest BCUT2D eigenvalue weighted by molar-refractivity contribution is 5.88. The molecule has 0 bridgehead atoms. The van der Waals surface area contributed by atoms with Gasteiger partial charge >= 0.3 is 0 Å². The van der Waals surface area contributed by atoms with E-state index in [2.05, 4.69) is 27.4 Å². The second-order valence-corrected chi connectivity index (χ2v) is 6.04. The van der Waals surface area contributed by atoms with E-state index in [-0.39, 0.29) is 5.75 Å². The summed E-state index contributed by atoms with van der Waals surface area (Å²) < 4.78 is 1.78. The average Bonchev–Trinajstić information content (AvgIpc) is 3.30. The molecule has 2 heterocycles. The van der Waals surface area contributed by atoms with Crippen LogP contribution in [-0.4, -0.2) is 25.1 Å². The van der Waals surface area contributed by atoms with Gasteiger partial charge in [-0.3, -0.25) is 0 Å². The van der Waals surface area contributed by atoms with E-state index in [9.17, 15) is 5.11 Å². The van der Waals surface area contributed by atoms with Crippen LogP contribution in [0, 0.1) is 0 Å².